The highest BCUT2D eigenvalue weighted by molar-refractivity contribution is 5.55. The third kappa shape index (κ3) is 2.20. The summed E-state index contributed by atoms with van der Waals surface area (Å²) in [5, 5.41) is 0. The van der Waals surface area contributed by atoms with E-state index < -0.39 is 0 Å². The molecule has 1 aromatic rings. The maximum absolute atomic E-state index is 6.01. The van der Waals surface area contributed by atoms with Gasteiger partial charge in [0.2, 0.25) is 0 Å². The lowest BCUT2D eigenvalue weighted by atomic mass is 10.0. The Morgan fingerprint density at radius 1 is 1.44 bits per heavy atom. The van der Waals surface area contributed by atoms with E-state index in [1.807, 2.05) is 13.0 Å². The summed E-state index contributed by atoms with van der Waals surface area (Å²) in [6.45, 7) is 6.77. The zero-order valence-electron chi connectivity index (χ0n) is 10.0. The topological polar surface area (TPSA) is 38.5 Å². The molecule has 2 unspecified atom stereocenters. The molecule has 3 heteroatoms. The first kappa shape index (κ1) is 11.4. The molecule has 1 saturated heterocycles. The van der Waals surface area contributed by atoms with Gasteiger partial charge in [-0.05, 0) is 25.5 Å². The van der Waals surface area contributed by atoms with Crippen molar-refractivity contribution in [3.8, 4) is 0 Å². The van der Waals surface area contributed by atoms with Crippen LogP contribution >= 0.6 is 0 Å². The van der Waals surface area contributed by atoms with Crippen LogP contribution in [0.25, 0.3) is 0 Å². The molecule has 16 heavy (non-hydrogen) atoms. The Morgan fingerprint density at radius 2 is 2.19 bits per heavy atom. The summed E-state index contributed by atoms with van der Waals surface area (Å²) in [6, 6.07) is 8.89. The highest BCUT2D eigenvalue weighted by Crippen LogP contribution is 2.27. The number of benzene rings is 1. The molecule has 1 aliphatic heterocycles. The molecule has 1 aromatic carbocycles. The Bertz CT molecular complexity index is 352. The maximum Gasteiger partial charge on any atom is 0.0668 e. The highest BCUT2D eigenvalue weighted by atomic mass is 16.5. The summed E-state index contributed by atoms with van der Waals surface area (Å²) >= 11 is 0. The first-order chi connectivity index (χ1) is 7.70. The average Bonchev–Trinajstić information content (AvgIpc) is 2.29. The van der Waals surface area contributed by atoms with Gasteiger partial charge in [-0.3, -0.25) is 0 Å². The zero-order valence-corrected chi connectivity index (χ0v) is 10.0. The highest BCUT2D eigenvalue weighted by Gasteiger charge is 2.21. The van der Waals surface area contributed by atoms with Gasteiger partial charge in [-0.1, -0.05) is 18.2 Å². The van der Waals surface area contributed by atoms with Gasteiger partial charge in [0.05, 0.1) is 13.2 Å². The molecule has 2 rings (SSSR count). The van der Waals surface area contributed by atoms with Crippen LogP contribution in [0, 0.1) is 0 Å². The number of ether oxygens (including phenoxy) is 1. The average molecular weight is 220 g/mol. The quantitative estimate of drug-likeness (QED) is 0.827. The molecule has 1 fully saturated rings. The minimum Gasteiger partial charge on any atom is -0.377 e. The minimum atomic E-state index is 0.0752. The molecule has 1 aliphatic rings. The number of hydrogen-bond acceptors (Lipinski definition) is 3. The molecule has 0 amide bonds. The Balaban J connectivity index is 2.31. The van der Waals surface area contributed by atoms with Crippen LogP contribution < -0.4 is 10.6 Å². The van der Waals surface area contributed by atoms with Crippen molar-refractivity contribution in [2.75, 3.05) is 24.7 Å². The molecular weight excluding hydrogens is 200 g/mol. The SMILES string of the molecule is CC(N)c1ccccc1N1CCOCC1C. The summed E-state index contributed by atoms with van der Waals surface area (Å²) in [6.07, 6.45) is 0. The summed E-state index contributed by atoms with van der Waals surface area (Å²) in [5.41, 5.74) is 8.49. The first-order valence-corrected chi connectivity index (χ1v) is 5.89. The van der Waals surface area contributed by atoms with Gasteiger partial charge >= 0.3 is 0 Å². The Morgan fingerprint density at radius 3 is 2.88 bits per heavy atom. The van der Waals surface area contributed by atoms with Crippen LogP contribution in [0.2, 0.25) is 0 Å². The van der Waals surface area contributed by atoms with Gasteiger partial charge in [0.1, 0.15) is 0 Å². The number of anilines is 1. The number of hydrogen-bond donors (Lipinski definition) is 1. The van der Waals surface area contributed by atoms with E-state index in [1.54, 1.807) is 0 Å². The predicted octanol–water partition coefficient (Wildman–Crippen LogP) is 1.93. The zero-order chi connectivity index (χ0) is 11.5. The van der Waals surface area contributed by atoms with Gasteiger partial charge in [-0.25, -0.2) is 0 Å². The van der Waals surface area contributed by atoms with Crippen LogP contribution in [-0.2, 0) is 4.74 Å². The van der Waals surface area contributed by atoms with Crippen molar-refractivity contribution in [3.63, 3.8) is 0 Å². The Labute approximate surface area is 97.2 Å². The van der Waals surface area contributed by atoms with E-state index in [0.717, 1.165) is 19.8 Å². The van der Waals surface area contributed by atoms with Crippen LogP contribution in [0.5, 0.6) is 0 Å². The van der Waals surface area contributed by atoms with Crippen molar-refractivity contribution in [2.45, 2.75) is 25.9 Å². The number of para-hydroxylation sites is 1. The molecule has 0 spiro atoms. The van der Waals surface area contributed by atoms with E-state index in [2.05, 4.69) is 30.0 Å². The lowest BCUT2D eigenvalue weighted by Crippen LogP contribution is -2.44. The summed E-state index contributed by atoms with van der Waals surface area (Å²) in [4.78, 5) is 2.39. The van der Waals surface area contributed by atoms with Crippen molar-refractivity contribution >= 4 is 5.69 Å². The van der Waals surface area contributed by atoms with E-state index in [4.69, 9.17) is 10.5 Å². The maximum atomic E-state index is 6.01. The lowest BCUT2D eigenvalue weighted by molar-refractivity contribution is 0.0988. The predicted molar refractivity (Wildman–Crippen MR) is 66.7 cm³/mol. The molecule has 0 bridgehead atoms. The fraction of sp³-hybridized carbons (Fsp3) is 0.538. The smallest absolute Gasteiger partial charge is 0.0668 e. The standard InChI is InChI=1S/C13H20N2O/c1-10-9-16-8-7-15(10)13-6-4-3-5-12(13)11(2)14/h3-6,10-11H,7-9,14H2,1-2H3. The third-order valence-electron chi connectivity index (χ3n) is 3.10. The fourth-order valence-electron chi connectivity index (χ4n) is 2.22. The van der Waals surface area contributed by atoms with Crippen molar-refractivity contribution in [1.82, 2.24) is 0 Å². The third-order valence-corrected chi connectivity index (χ3v) is 3.10. The molecule has 2 atom stereocenters. The lowest BCUT2D eigenvalue weighted by Gasteiger charge is -2.37. The number of nitrogens with two attached hydrogens (primary N) is 1. The summed E-state index contributed by atoms with van der Waals surface area (Å²) < 4.78 is 5.46. The molecule has 2 N–H and O–H groups in total. The summed E-state index contributed by atoms with van der Waals surface area (Å²) in [7, 11) is 0. The van der Waals surface area contributed by atoms with Crippen LogP contribution in [0.4, 0.5) is 5.69 Å². The van der Waals surface area contributed by atoms with Crippen molar-refractivity contribution in [3.05, 3.63) is 29.8 Å². The second-order valence-electron chi connectivity index (χ2n) is 4.46. The molecule has 0 aromatic heterocycles. The second-order valence-corrected chi connectivity index (χ2v) is 4.46. The van der Waals surface area contributed by atoms with Gasteiger partial charge in [0.25, 0.3) is 0 Å². The van der Waals surface area contributed by atoms with Gasteiger partial charge in [-0.15, -0.1) is 0 Å². The van der Waals surface area contributed by atoms with E-state index in [0.29, 0.717) is 6.04 Å². The minimum absolute atomic E-state index is 0.0752. The molecular formula is C13H20N2O. The van der Waals surface area contributed by atoms with Crippen molar-refractivity contribution in [2.24, 2.45) is 5.73 Å². The number of rotatable bonds is 2. The number of nitrogens with zero attached hydrogens (tertiary/aromatic N) is 1. The molecule has 88 valence electrons. The van der Waals surface area contributed by atoms with E-state index in [9.17, 15) is 0 Å². The van der Waals surface area contributed by atoms with Gasteiger partial charge < -0.3 is 15.4 Å². The molecule has 0 saturated carbocycles. The normalized spacial score (nSPS) is 23.2. The van der Waals surface area contributed by atoms with Crippen LogP contribution in [0.15, 0.2) is 24.3 Å². The van der Waals surface area contributed by atoms with Crippen molar-refractivity contribution < 1.29 is 4.74 Å². The second kappa shape index (κ2) is 4.85. The molecule has 3 nitrogen and oxygen atoms in total. The van der Waals surface area contributed by atoms with E-state index >= 15 is 0 Å². The van der Waals surface area contributed by atoms with Gasteiger partial charge in [-0.2, -0.15) is 0 Å². The largest absolute Gasteiger partial charge is 0.377 e. The van der Waals surface area contributed by atoms with E-state index in [1.165, 1.54) is 11.3 Å². The fourth-order valence-corrected chi connectivity index (χ4v) is 2.22. The molecule has 0 aliphatic carbocycles. The monoisotopic (exact) mass is 220 g/mol. The van der Waals surface area contributed by atoms with Gasteiger partial charge in [0, 0.05) is 24.3 Å². The van der Waals surface area contributed by atoms with Crippen LogP contribution in [0.1, 0.15) is 25.5 Å². The Hall–Kier alpha value is -1.06. The first-order valence-electron chi connectivity index (χ1n) is 5.89. The van der Waals surface area contributed by atoms with Crippen LogP contribution in [0.3, 0.4) is 0 Å². The molecule has 1 heterocycles. The number of morpholine rings is 1. The van der Waals surface area contributed by atoms with E-state index in [-0.39, 0.29) is 6.04 Å². The van der Waals surface area contributed by atoms with Crippen LogP contribution in [-0.4, -0.2) is 25.8 Å². The Kier molecular flexibility index (Phi) is 3.46. The van der Waals surface area contributed by atoms with Crippen molar-refractivity contribution in [1.29, 1.82) is 0 Å². The summed E-state index contributed by atoms with van der Waals surface area (Å²) in [5.74, 6) is 0. The van der Waals surface area contributed by atoms with Gasteiger partial charge in [0.15, 0.2) is 0 Å². The molecule has 0 radical (unpaired) electrons.